The highest BCUT2D eigenvalue weighted by atomic mass is 79.9. The maximum atomic E-state index is 5.49. The summed E-state index contributed by atoms with van der Waals surface area (Å²) >= 11 is 3.58. The Kier molecular flexibility index (Phi) is 4.42. The van der Waals surface area contributed by atoms with Gasteiger partial charge in [0.25, 0.3) is 0 Å². The van der Waals surface area contributed by atoms with Crippen molar-refractivity contribution in [3.05, 3.63) is 27.7 Å². The van der Waals surface area contributed by atoms with Crippen LogP contribution in [-0.2, 0) is 6.42 Å². The number of nitrogens with two attached hydrogens (primary N) is 1. The normalized spacial score (nSPS) is 10.3. The van der Waals surface area contributed by atoms with Gasteiger partial charge >= 0.3 is 0 Å². The molecule has 0 aromatic heterocycles. The molecule has 0 saturated heterocycles. The van der Waals surface area contributed by atoms with Crippen LogP contribution in [0.2, 0.25) is 0 Å². The smallest absolute Gasteiger partial charge is 0.119 e. The van der Waals surface area contributed by atoms with Crippen LogP contribution in [0.4, 0.5) is 0 Å². The Hall–Kier alpha value is -0.540. The van der Waals surface area contributed by atoms with Crippen LogP contribution in [0.25, 0.3) is 0 Å². The van der Waals surface area contributed by atoms with E-state index < -0.39 is 0 Å². The Morgan fingerprint density at radius 1 is 1.43 bits per heavy atom. The fourth-order valence-corrected chi connectivity index (χ4v) is 1.83. The highest BCUT2D eigenvalue weighted by Gasteiger charge is 2.05. The molecule has 0 spiro atoms. The predicted molar refractivity (Wildman–Crippen MR) is 62.8 cm³/mol. The molecule has 0 saturated carbocycles. The summed E-state index contributed by atoms with van der Waals surface area (Å²) in [5.74, 6) is 0.915. The summed E-state index contributed by atoms with van der Waals surface area (Å²) in [6.07, 6.45) is 2.00. The van der Waals surface area contributed by atoms with Crippen LogP contribution in [0.3, 0.4) is 0 Å². The van der Waals surface area contributed by atoms with E-state index in [1.54, 1.807) is 7.11 Å². The van der Waals surface area contributed by atoms with Gasteiger partial charge in [-0.25, -0.2) is 0 Å². The second-order valence-corrected chi connectivity index (χ2v) is 4.10. The van der Waals surface area contributed by atoms with Crippen molar-refractivity contribution in [2.24, 2.45) is 5.73 Å². The topological polar surface area (TPSA) is 35.2 Å². The van der Waals surface area contributed by atoms with Crippen LogP contribution in [0.5, 0.6) is 5.75 Å². The summed E-state index contributed by atoms with van der Waals surface area (Å²) < 4.78 is 6.39. The van der Waals surface area contributed by atoms with Crippen LogP contribution in [-0.4, -0.2) is 13.7 Å². The number of ether oxygens (including phenoxy) is 1. The Balaban J connectivity index is 2.95. The molecular weight excluding hydrogens is 242 g/mol. The van der Waals surface area contributed by atoms with E-state index in [0.29, 0.717) is 0 Å². The highest BCUT2D eigenvalue weighted by molar-refractivity contribution is 9.10. The zero-order chi connectivity index (χ0) is 10.6. The molecule has 1 aromatic rings. The molecule has 0 aliphatic carbocycles. The minimum atomic E-state index is 0.725. The van der Waals surface area contributed by atoms with Crippen molar-refractivity contribution in [1.82, 2.24) is 0 Å². The van der Waals surface area contributed by atoms with Crippen molar-refractivity contribution in [1.29, 1.82) is 0 Å². The van der Waals surface area contributed by atoms with Gasteiger partial charge in [0.05, 0.1) is 7.11 Å². The van der Waals surface area contributed by atoms with E-state index >= 15 is 0 Å². The van der Waals surface area contributed by atoms with Gasteiger partial charge in [0.15, 0.2) is 0 Å². The fraction of sp³-hybridized carbons (Fsp3) is 0.455. The van der Waals surface area contributed by atoms with E-state index in [4.69, 9.17) is 10.5 Å². The lowest BCUT2D eigenvalue weighted by Gasteiger charge is -2.09. The summed E-state index contributed by atoms with van der Waals surface area (Å²) in [5.41, 5.74) is 7.96. The van der Waals surface area contributed by atoms with Gasteiger partial charge in [0, 0.05) is 4.47 Å². The molecule has 14 heavy (non-hydrogen) atoms. The van der Waals surface area contributed by atoms with Crippen molar-refractivity contribution < 1.29 is 4.74 Å². The van der Waals surface area contributed by atoms with E-state index in [-0.39, 0.29) is 0 Å². The molecule has 2 nitrogen and oxygen atoms in total. The molecule has 1 rings (SSSR count). The molecule has 0 heterocycles. The highest BCUT2D eigenvalue weighted by Crippen LogP contribution is 2.27. The molecule has 0 atom stereocenters. The predicted octanol–water partition coefficient (Wildman–Crippen LogP) is 2.66. The zero-order valence-electron chi connectivity index (χ0n) is 8.64. The number of benzene rings is 1. The van der Waals surface area contributed by atoms with Gasteiger partial charge in [0.2, 0.25) is 0 Å². The number of halogens is 1. The lowest BCUT2D eigenvalue weighted by molar-refractivity contribution is 0.413. The van der Waals surface area contributed by atoms with Gasteiger partial charge in [-0.2, -0.15) is 0 Å². The minimum Gasteiger partial charge on any atom is -0.497 e. The Morgan fingerprint density at radius 3 is 2.71 bits per heavy atom. The van der Waals surface area contributed by atoms with E-state index in [1.165, 1.54) is 15.6 Å². The van der Waals surface area contributed by atoms with Crippen molar-refractivity contribution in [3.8, 4) is 5.75 Å². The Labute approximate surface area is 93.6 Å². The summed E-state index contributed by atoms with van der Waals surface area (Å²) in [6.45, 7) is 2.79. The van der Waals surface area contributed by atoms with Crippen LogP contribution >= 0.6 is 15.9 Å². The van der Waals surface area contributed by atoms with Gasteiger partial charge in [-0.1, -0.05) is 15.9 Å². The van der Waals surface area contributed by atoms with E-state index in [0.717, 1.165) is 25.1 Å². The molecule has 0 amide bonds. The molecule has 0 radical (unpaired) electrons. The van der Waals surface area contributed by atoms with Gasteiger partial charge in [-0.3, -0.25) is 0 Å². The molecule has 1 aromatic carbocycles. The monoisotopic (exact) mass is 257 g/mol. The molecule has 2 N–H and O–H groups in total. The number of hydrogen-bond acceptors (Lipinski definition) is 2. The third-order valence-electron chi connectivity index (χ3n) is 2.19. The van der Waals surface area contributed by atoms with Crippen LogP contribution < -0.4 is 10.5 Å². The second-order valence-electron chi connectivity index (χ2n) is 3.31. The largest absolute Gasteiger partial charge is 0.497 e. The average molecular weight is 258 g/mol. The van der Waals surface area contributed by atoms with Crippen LogP contribution in [0, 0.1) is 6.92 Å². The first-order valence-corrected chi connectivity index (χ1v) is 5.51. The third-order valence-corrected chi connectivity index (χ3v) is 3.32. The molecule has 0 unspecified atom stereocenters. The molecule has 0 aliphatic heterocycles. The van der Waals surface area contributed by atoms with Gasteiger partial charge in [0.1, 0.15) is 5.75 Å². The number of methoxy groups -OCH3 is 1. The van der Waals surface area contributed by atoms with Crippen LogP contribution in [0.15, 0.2) is 16.6 Å². The van der Waals surface area contributed by atoms with Gasteiger partial charge < -0.3 is 10.5 Å². The van der Waals surface area contributed by atoms with Gasteiger partial charge in [-0.05, 0) is 49.6 Å². The first kappa shape index (κ1) is 11.5. The standard InChI is InChI=1S/C11H16BrNO/c1-8-6-10(14-2)7-9(11(8)12)4-3-5-13/h6-7H,3-5,13H2,1-2H3. The second kappa shape index (κ2) is 5.37. The summed E-state index contributed by atoms with van der Waals surface area (Å²) in [5, 5.41) is 0. The van der Waals surface area contributed by atoms with E-state index in [9.17, 15) is 0 Å². The molecule has 3 heteroatoms. The summed E-state index contributed by atoms with van der Waals surface area (Å²) in [6, 6.07) is 4.09. The number of hydrogen-bond donors (Lipinski definition) is 1. The lowest BCUT2D eigenvalue weighted by atomic mass is 10.1. The minimum absolute atomic E-state index is 0.725. The Morgan fingerprint density at radius 2 is 2.14 bits per heavy atom. The molecular formula is C11H16BrNO. The summed E-state index contributed by atoms with van der Waals surface area (Å²) in [4.78, 5) is 0. The zero-order valence-corrected chi connectivity index (χ0v) is 10.2. The van der Waals surface area contributed by atoms with Crippen molar-refractivity contribution in [3.63, 3.8) is 0 Å². The first-order chi connectivity index (χ1) is 6.69. The average Bonchev–Trinajstić information content (AvgIpc) is 2.20. The van der Waals surface area contributed by atoms with Crippen molar-refractivity contribution in [2.45, 2.75) is 19.8 Å². The SMILES string of the molecule is COc1cc(C)c(Br)c(CCCN)c1. The first-order valence-electron chi connectivity index (χ1n) is 4.72. The maximum absolute atomic E-state index is 5.49. The maximum Gasteiger partial charge on any atom is 0.119 e. The van der Waals surface area contributed by atoms with Crippen molar-refractivity contribution >= 4 is 15.9 Å². The third kappa shape index (κ3) is 2.72. The van der Waals surface area contributed by atoms with E-state index in [2.05, 4.69) is 28.9 Å². The molecule has 78 valence electrons. The molecule has 0 fully saturated rings. The number of rotatable bonds is 4. The lowest BCUT2D eigenvalue weighted by Crippen LogP contribution is -2.01. The Bertz CT molecular complexity index is 312. The fourth-order valence-electron chi connectivity index (χ4n) is 1.40. The van der Waals surface area contributed by atoms with Crippen LogP contribution in [0.1, 0.15) is 17.5 Å². The summed E-state index contributed by atoms with van der Waals surface area (Å²) in [7, 11) is 1.69. The molecule has 0 bridgehead atoms. The van der Waals surface area contributed by atoms with Crippen molar-refractivity contribution in [2.75, 3.05) is 13.7 Å². The molecule has 0 aliphatic rings. The quantitative estimate of drug-likeness (QED) is 0.901. The van der Waals surface area contributed by atoms with Gasteiger partial charge in [-0.15, -0.1) is 0 Å². The van der Waals surface area contributed by atoms with E-state index in [1.807, 2.05) is 6.07 Å². The number of aryl methyl sites for hydroxylation is 2.